The van der Waals surface area contributed by atoms with E-state index in [0.717, 1.165) is 5.01 Å². The molecule has 0 saturated carbocycles. The maximum absolute atomic E-state index is 13.0. The Balaban J connectivity index is 1.61. The van der Waals surface area contributed by atoms with Crippen molar-refractivity contribution in [2.24, 2.45) is 0 Å². The van der Waals surface area contributed by atoms with E-state index in [4.69, 9.17) is 10.5 Å². The van der Waals surface area contributed by atoms with Crippen molar-refractivity contribution in [3.05, 3.63) is 58.1 Å². The molecule has 8 nitrogen and oxygen atoms in total. The minimum atomic E-state index is -0.562. The van der Waals surface area contributed by atoms with Gasteiger partial charge in [0.1, 0.15) is 5.82 Å². The minimum absolute atomic E-state index is 0.0332. The topological polar surface area (TPSA) is 116 Å². The lowest BCUT2D eigenvalue weighted by molar-refractivity contribution is -0.139. The van der Waals surface area contributed by atoms with Crippen molar-refractivity contribution in [3.63, 3.8) is 0 Å². The van der Waals surface area contributed by atoms with Crippen LogP contribution in [0.15, 0.2) is 35.7 Å². The first kappa shape index (κ1) is 18.4. The Hall–Kier alpha value is -3.40. The summed E-state index contributed by atoms with van der Waals surface area (Å²) in [5.74, 6) is -0.613. The van der Waals surface area contributed by atoms with Crippen LogP contribution in [0, 0.1) is 12.7 Å². The van der Waals surface area contributed by atoms with Gasteiger partial charge in [-0.1, -0.05) is 0 Å². The molecule has 3 N–H and O–H groups in total. The number of thiazole rings is 1. The molecule has 0 atom stereocenters. The number of carbonyl (C=O) groups excluding carboxylic acids is 1. The SMILES string of the molecule is Cc1nc(/C=C/C(=O)OCc2nc(N)nc(Nc3ccc(F)cc3)n2)cs1. The lowest BCUT2D eigenvalue weighted by Crippen LogP contribution is -2.10. The molecule has 3 aromatic rings. The Bertz CT molecular complexity index is 974. The molecule has 0 unspecified atom stereocenters. The van der Waals surface area contributed by atoms with E-state index in [1.54, 1.807) is 6.08 Å². The highest BCUT2D eigenvalue weighted by atomic mass is 32.1. The zero-order valence-corrected chi connectivity index (χ0v) is 15.0. The summed E-state index contributed by atoms with van der Waals surface area (Å²) in [5, 5.41) is 5.62. The smallest absolute Gasteiger partial charge is 0.331 e. The standard InChI is InChI=1S/C17H15FN6O2S/c1-10-20-13(9-27-10)6-7-15(25)26-8-14-22-16(19)24-17(23-14)21-12-4-2-11(18)3-5-12/h2-7,9H,8H2,1H3,(H3,19,21,22,23,24)/b7-6+. The second kappa shape index (κ2) is 8.32. The summed E-state index contributed by atoms with van der Waals surface area (Å²) >= 11 is 1.49. The summed E-state index contributed by atoms with van der Waals surface area (Å²) in [6.07, 6.45) is 2.84. The van der Waals surface area contributed by atoms with E-state index in [1.807, 2.05) is 12.3 Å². The van der Waals surface area contributed by atoms with Gasteiger partial charge in [-0.25, -0.2) is 14.2 Å². The van der Waals surface area contributed by atoms with Crippen LogP contribution in [0.2, 0.25) is 0 Å². The van der Waals surface area contributed by atoms with E-state index in [9.17, 15) is 9.18 Å². The van der Waals surface area contributed by atoms with Crippen LogP contribution >= 0.6 is 11.3 Å². The van der Waals surface area contributed by atoms with E-state index in [2.05, 4.69) is 25.3 Å². The predicted octanol–water partition coefficient (Wildman–Crippen LogP) is 2.86. The highest BCUT2D eigenvalue weighted by molar-refractivity contribution is 7.09. The number of benzene rings is 1. The molecule has 10 heteroatoms. The Labute approximate surface area is 158 Å². The third-order valence-corrected chi connectivity index (χ3v) is 3.96. The van der Waals surface area contributed by atoms with Gasteiger partial charge in [-0.15, -0.1) is 11.3 Å². The molecule has 0 saturated heterocycles. The number of ether oxygens (including phenoxy) is 1. The van der Waals surface area contributed by atoms with Crippen molar-refractivity contribution in [2.75, 3.05) is 11.1 Å². The van der Waals surface area contributed by atoms with Crippen molar-refractivity contribution < 1.29 is 13.9 Å². The Morgan fingerprint density at radius 2 is 2.04 bits per heavy atom. The van der Waals surface area contributed by atoms with Gasteiger partial charge in [-0.2, -0.15) is 15.0 Å². The number of rotatable bonds is 6. The lowest BCUT2D eigenvalue weighted by atomic mass is 10.3. The van der Waals surface area contributed by atoms with Gasteiger partial charge in [0.15, 0.2) is 12.4 Å². The van der Waals surface area contributed by atoms with Crippen LogP contribution in [0.25, 0.3) is 6.08 Å². The first-order chi connectivity index (χ1) is 13.0. The first-order valence-corrected chi connectivity index (χ1v) is 8.66. The normalized spacial score (nSPS) is 10.9. The van der Waals surface area contributed by atoms with E-state index in [1.165, 1.54) is 41.7 Å². The van der Waals surface area contributed by atoms with Crippen LogP contribution in [0.3, 0.4) is 0 Å². The third-order valence-electron chi connectivity index (χ3n) is 3.17. The quantitative estimate of drug-likeness (QED) is 0.491. The molecule has 0 spiro atoms. The Kier molecular flexibility index (Phi) is 5.67. The monoisotopic (exact) mass is 386 g/mol. The van der Waals surface area contributed by atoms with Crippen molar-refractivity contribution in [1.29, 1.82) is 0 Å². The van der Waals surface area contributed by atoms with E-state index >= 15 is 0 Å². The van der Waals surface area contributed by atoms with Gasteiger partial charge in [0.2, 0.25) is 11.9 Å². The molecule has 2 aromatic heterocycles. The maximum atomic E-state index is 13.0. The van der Waals surface area contributed by atoms with Crippen molar-refractivity contribution in [3.8, 4) is 0 Å². The summed E-state index contributed by atoms with van der Waals surface area (Å²) in [6.45, 7) is 1.70. The molecular weight excluding hydrogens is 371 g/mol. The third kappa shape index (κ3) is 5.54. The van der Waals surface area contributed by atoms with E-state index in [0.29, 0.717) is 11.4 Å². The van der Waals surface area contributed by atoms with Gasteiger partial charge in [0.25, 0.3) is 0 Å². The van der Waals surface area contributed by atoms with Crippen molar-refractivity contribution in [1.82, 2.24) is 19.9 Å². The Morgan fingerprint density at radius 1 is 1.26 bits per heavy atom. The highest BCUT2D eigenvalue weighted by Gasteiger charge is 2.08. The van der Waals surface area contributed by atoms with Crippen LogP contribution < -0.4 is 11.1 Å². The second-order valence-electron chi connectivity index (χ2n) is 5.30. The summed E-state index contributed by atoms with van der Waals surface area (Å²) in [7, 11) is 0. The fourth-order valence-corrected chi connectivity index (χ4v) is 2.60. The zero-order chi connectivity index (χ0) is 19.2. The minimum Gasteiger partial charge on any atom is -0.454 e. The number of nitrogen functional groups attached to an aromatic ring is 1. The molecule has 138 valence electrons. The molecule has 0 bridgehead atoms. The average Bonchev–Trinajstić information content (AvgIpc) is 3.05. The summed E-state index contributed by atoms with van der Waals surface area (Å²) in [6, 6.07) is 5.65. The van der Waals surface area contributed by atoms with Crippen LogP contribution in [-0.4, -0.2) is 25.9 Å². The number of esters is 1. The predicted molar refractivity (Wildman–Crippen MR) is 99.6 cm³/mol. The summed E-state index contributed by atoms with van der Waals surface area (Å²) in [4.78, 5) is 28.0. The number of hydrogen-bond donors (Lipinski definition) is 2. The molecule has 0 amide bonds. The van der Waals surface area contributed by atoms with Gasteiger partial charge in [0, 0.05) is 17.1 Å². The number of hydrogen-bond acceptors (Lipinski definition) is 9. The largest absolute Gasteiger partial charge is 0.454 e. The molecule has 0 aliphatic rings. The number of aryl methyl sites for hydroxylation is 1. The summed E-state index contributed by atoms with van der Waals surface area (Å²) < 4.78 is 18.1. The number of aromatic nitrogens is 4. The molecule has 3 rings (SSSR count). The highest BCUT2D eigenvalue weighted by Crippen LogP contribution is 2.14. The second-order valence-corrected chi connectivity index (χ2v) is 6.36. The van der Waals surface area contributed by atoms with Gasteiger partial charge in [-0.3, -0.25) is 0 Å². The van der Waals surface area contributed by atoms with Crippen LogP contribution in [0.5, 0.6) is 0 Å². The van der Waals surface area contributed by atoms with Crippen molar-refractivity contribution in [2.45, 2.75) is 13.5 Å². The number of halogens is 1. The molecular formula is C17H15FN6O2S. The number of anilines is 3. The number of carbonyl (C=O) groups is 1. The Morgan fingerprint density at radius 3 is 2.74 bits per heavy atom. The molecule has 0 fully saturated rings. The summed E-state index contributed by atoms with van der Waals surface area (Å²) in [5.41, 5.74) is 6.92. The van der Waals surface area contributed by atoms with Crippen LogP contribution in [0.1, 0.15) is 16.5 Å². The van der Waals surface area contributed by atoms with Gasteiger partial charge in [0.05, 0.1) is 10.7 Å². The van der Waals surface area contributed by atoms with Gasteiger partial charge >= 0.3 is 5.97 Å². The van der Waals surface area contributed by atoms with Gasteiger partial charge in [-0.05, 0) is 37.3 Å². The fraction of sp³-hybridized carbons (Fsp3) is 0.118. The molecule has 0 aliphatic heterocycles. The van der Waals surface area contributed by atoms with Gasteiger partial charge < -0.3 is 15.8 Å². The number of nitrogens with one attached hydrogen (secondary N) is 1. The first-order valence-electron chi connectivity index (χ1n) is 7.78. The van der Waals surface area contributed by atoms with E-state index < -0.39 is 5.97 Å². The molecule has 1 aromatic carbocycles. The maximum Gasteiger partial charge on any atom is 0.331 e. The molecule has 27 heavy (non-hydrogen) atoms. The average molecular weight is 386 g/mol. The fourth-order valence-electron chi connectivity index (χ4n) is 2.01. The molecule has 2 heterocycles. The number of nitrogens with two attached hydrogens (primary N) is 1. The molecule has 0 aliphatic carbocycles. The lowest BCUT2D eigenvalue weighted by Gasteiger charge is -2.07. The van der Waals surface area contributed by atoms with Crippen molar-refractivity contribution >= 4 is 41.0 Å². The van der Waals surface area contributed by atoms with Crippen LogP contribution in [0.4, 0.5) is 22.0 Å². The molecule has 0 radical (unpaired) electrons. The van der Waals surface area contributed by atoms with Crippen LogP contribution in [-0.2, 0) is 16.1 Å². The van der Waals surface area contributed by atoms with E-state index in [-0.39, 0.29) is 30.1 Å². The zero-order valence-electron chi connectivity index (χ0n) is 14.2. The number of nitrogens with zero attached hydrogens (tertiary/aromatic N) is 4.